The van der Waals surface area contributed by atoms with Crippen LogP contribution in [0.15, 0.2) is 53.0 Å². The lowest BCUT2D eigenvalue weighted by Gasteiger charge is -2.11. The van der Waals surface area contributed by atoms with Crippen LogP contribution in [0.2, 0.25) is 0 Å². The van der Waals surface area contributed by atoms with Crippen LogP contribution in [-0.2, 0) is 0 Å². The third kappa shape index (κ3) is 3.37. The molecule has 5 nitrogen and oxygen atoms in total. The molecule has 1 aromatic heterocycles. The van der Waals surface area contributed by atoms with Gasteiger partial charge in [0, 0.05) is 10.0 Å². The normalized spacial score (nSPS) is 11.0. The zero-order chi connectivity index (χ0) is 18.8. The molecule has 0 bridgehead atoms. The van der Waals surface area contributed by atoms with Crippen molar-refractivity contribution in [3.8, 4) is 22.7 Å². The second-order valence-electron chi connectivity index (χ2n) is 6.19. The molecule has 0 aliphatic carbocycles. The fourth-order valence-electron chi connectivity index (χ4n) is 2.91. The van der Waals surface area contributed by atoms with E-state index in [9.17, 15) is 9.90 Å². The third-order valence-electron chi connectivity index (χ3n) is 4.12. The molecule has 0 aliphatic rings. The highest BCUT2D eigenvalue weighted by atomic mass is 79.9. The Hall–Kier alpha value is -2.60. The van der Waals surface area contributed by atoms with Crippen LogP contribution < -0.4 is 4.74 Å². The Kier molecular flexibility index (Phi) is 5.13. The second-order valence-corrected chi connectivity index (χ2v) is 7.10. The number of carboxylic acid groups (broad SMARTS) is 1. The van der Waals surface area contributed by atoms with Gasteiger partial charge < -0.3 is 9.84 Å². The van der Waals surface area contributed by atoms with Gasteiger partial charge in [0.25, 0.3) is 0 Å². The number of aromatic carboxylic acids is 1. The molecule has 0 atom stereocenters. The third-order valence-corrected chi connectivity index (χ3v) is 4.65. The van der Waals surface area contributed by atoms with Crippen molar-refractivity contribution in [3.63, 3.8) is 0 Å². The van der Waals surface area contributed by atoms with Crippen molar-refractivity contribution in [1.29, 1.82) is 0 Å². The average Bonchev–Trinajstić information content (AvgIpc) is 3.03. The quantitative estimate of drug-likeness (QED) is 0.628. The predicted octanol–water partition coefficient (Wildman–Crippen LogP) is 5.13. The van der Waals surface area contributed by atoms with Crippen LogP contribution in [0.25, 0.3) is 16.9 Å². The lowest BCUT2D eigenvalue weighted by Crippen LogP contribution is -2.08. The van der Waals surface area contributed by atoms with Gasteiger partial charge in [0.1, 0.15) is 17.0 Å². The molecular weight excluding hydrogens is 396 g/mol. The fourth-order valence-corrected chi connectivity index (χ4v) is 3.17. The standard InChI is InChI=1S/C20H19BrN2O3/c1-12(2)19-17(20(24)25)18(13-4-6-14(21)7-5-13)22-23(19)15-8-10-16(26-3)11-9-15/h4-12H,1-3H3,(H,24,25). The number of nitrogens with zero attached hydrogens (tertiary/aromatic N) is 2. The smallest absolute Gasteiger partial charge is 0.339 e. The maximum absolute atomic E-state index is 12.0. The number of hydrogen-bond donors (Lipinski definition) is 1. The Balaban J connectivity index is 2.25. The van der Waals surface area contributed by atoms with E-state index in [4.69, 9.17) is 4.74 Å². The van der Waals surface area contributed by atoms with Gasteiger partial charge in [0.05, 0.1) is 18.5 Å². The van der Waals surface area contributed by atoms with Crippen LogP contribution in [0.3, 0.4) is 0 Å². The number of halogens is 1. The number of aromatic nitrogens is 2. The highest BCUT2D eigenvalue weighted by Gasteiger charge is 2.26. The largest absolute Gasteiger partial charge is 0.497 e. The van der Waals surface area contributed by atoms with Gasteiger partial charge in [-0.3, -0.25) is 0 Å². The van der Waals surface area contributed by atoms with E-state index in [0.29, 0.717) is 11.4 Å². The molecule has 0 aliphatic heterocycles. The van der Waals surface area contributed by atoms with Crippen molar-refractivity contribution in [2.45, 2.75) is 19.8 Å². The van der Waals surface area contributed by atoms with Gasteiger partial charge >= 0.3 is 5.97 Å². The first kappa shape index (κ1) is 18.2. The maximum atomic E-state index is 12.0. The second kappa shape index (κ2) is 7.33. The average molecular weight is 415 g/mol. The minimum atomic E-state index is -0.980. The molecule has 2 aromatic carbocycles. The molecule has 3 aromatic rings. The van der Waals surface area contributed by atoms with E-state index in [0.717, 1.165) is 21.5 Å². The van der Waals surface area contributed by atoms with E-state index in [1.165, 1.54) is 0 Å². The number of carbonyl (C=O) groups is 1. The van der Waals surface area contributed by atoms with Gasteiger partial charge in [0.2, 0.25) is 0 Å². The van der Waals surface area contributed by atoms with Crippen molar-refractivity contribution < 1.29 is 14.6 Å². The molecule has 1 heterocycles. The van der Waals surface area contributed by atoms with Crippen molar-refractivity contribution in [2.75, 3.05) is 7.11 Å². The monoisotopic (exact) mass is 414 g/mol. The van der Waals surface area contributed by atoms with Gasteiger partial charge in [-0.15, -0.1) is 0 Å². The molecule has 0 saturated heterocycles. The number of benzene rings is 2. The fraction of sp³-hybridized carbons (Fsp3) is 0.200. The van der Waals surface area contributed by atoms with E-state index in [1.807, 2.05) is 62.4 Å². The zero-order valence-electron chi connectivity index (χ0n) is 14.7. The Bertz CT molecular complexity index is 929. The van der Waals surface area contributed by atoms with Crippen molar-refractivity contribution in [1.82, 2.24) is 9.78 Å². The highest BCUT2D eigenvalue weighted by molar-refractivity contribution is 9.10. The van der Waals surface area contributed by atoms with Crippen molar-refractivity contribution in [2.24, 2.45) is 0 Å². The Morgan fingerprint density at radius 2 is 1.73 bits per heavy atom. The lowest BCUT2D eigenvalue weighted by atomic mass is 10.00. The van der Waals surface area contributed by atoms with Gasteiger partial charge in [-0.05, 0) is 42.3 Å². The highest BCUT2D eigenvalue weighted by Crippen LogP contribution is 2.33. The molecular formula is C20H19BrN2O3. The minimum absolute atomic E-state index is 0.0140. The molecule has 0 unspecified atom stereocenters. The summed E-state index contributed by atoms with van der Waals surface area (Å²) in [5.41, 5.74) is 2.92. The Labute approximate surface area is 160 Å². The number of hydrogen-bond acceptors (Lipinski definition) is 3. The van der Waals surface area contributed by atoms with Crippen LogP contribution in [0.4, 0.5) is 0 Å². The first-order valence-electron chi connectivity index (χ1n) is 8.19. The molecule has 0 fully saturated rings. The van der Waals surface area contributed by atoms with Gasteiger partial charge in [-0.1, -0.05) is 41.9 Å². The number of carboxylic acids is 1. The maximum Gasteiger partial charge on any atom is 0.339 e. The summed E-state index contributed by atoms with van der Waals surface area (Å²) in [6.45, 7) is 3.93. The number of methoxy groups -OCH3 is 1. The van der Waals surface area contributed by atoms with E-state index in [2.05, 4.69) is 21.0 Å². The minimum Gasteiger partial charge on any atom is -0.497 e. The van der Waals surface area contributed by atoms with E-state index >= 15 is 0 Å². The van der Waals surface area contributed by atoms with E-state index in [1.54, 1.807) is 11.8 Å². The summed E-state index contributed by atoms with van der Waals surface area (Å²) >= 11 is 3.40. The summed E-state index contributed by atoms with van der Waals surface area (Å²) in [5, 5.41) is 14.5. The predicted molar refractivity (Wildman–Crippen MR) is 104 cm³/mol. The summed E-state index contributed by atoms with van der Waals surface area (Å²) in [4.78, 5) is 12.0. The van der Waals surface area contributed by atoms with E-state index < -0.39 is 5.97 Å². The number of rotatable bonds is 5. The zero-order valence-corrected chi connectivity index (χ0v) is 16.3. The molecule has 26 heavy (non-hydrogen) atoms. The molecule has 0 amide bonds. The van der Waals surface area contributed by atoms with Gasteiger partial charge in [-0.25, -0.2) is 9.48 Å². The van der Waals surface area contributed by atoms with Gasteiger partial charge in [-0.2, -0.15) is 5.10 Å². The van der Waals surface area contributed by atoms with Crippen LogP contribution >= 0.6 is 15.9 Å². The molecule has 0 radical (unpaired) electrons. The van der Waals surface area contributed by atoms with Crippen molar-refractivity contribution >= 4 is 21.9 Å². The molecule has 0 spiro atoms. The summed E-state index contributed by atoms with van der Waals surface area (Å²) < 4.78 is 7.84. The van der Waals surface area contributed by atoms with Gasteiger partial charge in [0.15, 0.2) is 0 Å². The first-order chi connectivity index (χ1) is 12.4. The topological polar surface area (TPSA) is 64.4 Å². The Morgan fingerprint density at radius 3 is 2.23 bits per heavy atom. The summed E-state index contributed by atoms with van der Waals surface area (Å²) in [5.74, 6) is -0.259. The van der Waals surface area contributed by atoms with Crippen LogP contribution in [0.5, 0.6) is 5.75 Å². The summed E-state index contributed by atoms with van der Waals surface area (Å²) in [7, 11) is 1.61. The lowest BCUT2D eigenvalue weighted by molar-refractivity contribution is 0.0696. The molecule has 134 valence electrons. The van der Waals surface area contributed by atoms with Crippen molar-refractivity contribution in [3.05, 3.63) is 64.3 Å². The summed E-state index contributed by atoms with van der Waals surface area (Å²) in [6, 6.07) is 14.9. The molecule has 0 saturated carbocycles. The van der Waals surface area contributed by atoms with E-state index in [-0.39, 0.29) is 11.5 Å². The molecule has 1 N–H and O–H groups in total. The Morgan fingerprint density at radius 1 is 1.12 bits per heavy atom. The molecule has 3 rings (SSSR count). The SMILES string of the molecule is COc1ccc(-n2nc(-c3ccc(Br)cc3)c(C(=O)O)c2C(C)C)cc1. The van der Waals surface area contributed by atoms with Crippen LogP contribution in [0, 0.1) is 0 Å². The number of ether oxygens (including phenoxy) is 1. The molecule has 6 heteroatoms. The van der Waals surface area contributed by atoms with Crippen LogP contribution in [0.1, 0.15) is 35.8 Å². The summed E-state index contributed by atoms with van der Waals surface area (Å²) in [6.07, 6.45) is 0. The van der Waals surface area contributed by atoms with Crippen LogP contribution in [-0.4, -0.2) is 28.0 Å². The first-order valence-corrected chi connectivity index (χ1v) is 8.98.